The number of likely N-dealkylation sites (N-methyl/N-ethyl adjacent to an activating group) is 1. The summed E-state index contributed by atoms with van der Waals surface area (Å²) in [7, 11) is 1.58. The van der Waals surface area contributed by atoms with Crippen LogP contribution in [-0.2, 0) is 16.2 Å². The van der Waals surface area contributed by atoms with Crippen molar-refractivity contribution in [2.75, 3.05) is 26.7 Å². The van der Waals surface area contributed by atoms with Crippen molar-refractivity contribution in [1.29, 1.82) is 0 Å². The first kappa shape index (κ1) is 20.3. The first-order valence-corrected chi connectivity index (χ1v) is 8.98. The van der Waals surface area contributed by atoms with Gasteiger partial charge in [0.05, 0.1) is 6.54 Å². The fourth-order valence-electron chi connectivity index (χ4n) is 2.25. The van der Waals surface area contributed by atoms with Gasteiger partial charge in [0.25, 0.3) is 5.91 Å². The number of amides is 2. The second-order valence-electron chi connectivity index (χ2n) is 6.13. The number of hydrogen-bond acceptors (Lipinski definition) is 4. The average Bonchev–Trinajstić information content (AvgIpc) is 2.70. The number of nitrogens with zero attached hydrogens (tertiary/aromatic N) is 1. The van der Waals surface area contributed by atoms with Crippen molar-refractivity contribution < 1.29 is 19.1 Å². The molecule has 2 amide bonds. The minimum absolute atomic E-state index is 0.0223. The molecule has 0 unspecified atom stereocenters. The van der Waals surface area contributed by atoms with Gasteiger partial charge in [-0.25, -0.2) is 0 Å². The molecular weight excluding hydrogens is 344 g/mol. The van der Waals surface area contributed by atoms with Gasteiger partial charge in [0.2, 0.25) is 5.91 Å². The van der Waals surface area contributed by atoms with E-state index in [-0.39, 0.29) is 25.0 Å². The number of carbonyl (C=O) groups excluding carboxylic acids is 2. The Hall–Kier alpha value is -3.02. The Labute approximate surface area is 160 Å². The van der Waals surface area contributed by atoms with Crippen molar-refractivity contribution in [3.63, 3.8) is 0 Å². The molecule has 1 N–H and O–H groups in total. The fraction of sp³-hybridized carbons (Fsp3) is 0.333. The molecule has 0 aliphatic carbocycles. The lowest BCUT2D eigenvalue weighted by Crippen LogP contribution is -2.40. The van der Waals surface area contributed by atoms with Gasteiger partial charge in [-0.15, -0.1) is 0 Å². The van der Waals surface area contributed by atoms with Gasteiger partial charge >= 0.3 is 0 Å². The van der Waals surface area contributed by atoms with E-state index in [4.69, 9.17) is 9.47 Å². The largest absolute Gasteiger partial charge is 0.489 e. The van der Waals surface area contributed by atoms with Crippen LogP contribution in [0.3, 0.4) is 0 Å². The zero-order chi connectivity index (χ0) is 19.5. The third-order valence-electron chi connectivity index (χ3n) is 3.81. The van der Waals surface area contributed by atoms with Crippen molar-refractivity contribution in [2.45, 2.75) is 20.0 Å². The molecule has 144 valence electrons. The first-order valence-electron chi connectivity index (χ1n) is 8.98. The highest BCUT2D eigenvalue weighted by molar-refractivity contribution is 5.85. The summed E-state index contributed by atoms with van der Waals surface area (Å²) >= 11 is 0. The summed E-state index contributed by atoms with van der Waals surface area (Å²) in [6, 6.07) is 17.0. The normalized spacial score (nSPS) is 10.1. The van der Waals surface area contributed by atoms with Crippen molar-refractivity contribution in [2.24, 2.45) is 0 Å². The monoisotopic (exact) mass is 370 g/mol. The third kappa shape index (κ3) is 7.40. The van der Waals surface area contributed by atoms with Crippen LogP contribution in [0.2, 0.25) is 0 Å². The van der Waals surface area contributed by atoms with Crippen LogP contribution in [0.15, 0.2) is 54.6 Å². The topological polar surface area (TPSA) is 67.9 Å². The van der Waals surface area contributed by atoms with E-state index in [9.17, 15) is 9.59 Å². The number of benzene rings is 2. The maximum Gasteiger partial charge on any atom is 0.260 e. The van der Waals surface area contributed by atoms with Gasteiger partial charge in [0.1, 0.15) is 18.1 Å². The molecule has 2 rings (SSSR count). The van der Waals surface area contributed by atoms with E-state index in [1.165, 1.54) is 4.90 Å². The SMILES string of the molecule is CCCNC(=O)CN(C)C(=O)COc1ccc(OCc2ccccc2)cc1. The summed E-state index contributed by atoms with van der Waals surface area (Å²) in [5.41, 5.74) is 1.09. The third-order valence-corrected chi connectivity index (χ3v) is 3.81. The van der Waals surface area contributed by atoms with Gasteiger partial charge in [-0.1, -0.05) is 37.3 Å². The lowest BCUT2D eigenvalue weighted by Gasteiger charge is -2.17. The summed E-state index contributed by atoms with van der Waals surface area (Å²) < 4.78 is 11.2. The van der Waals surface area contributed by atoms with Crippen LogP contribution >= 0.6 is 0 Å². The Morgan fingerprint density at radius 2 is 1.59 bits per heavy atom. The van der Waals surface area contributed by atoms with Gasteiger partial charge in [-0.05, 0) is 36.2 Å². The standard InChI is InChI=1S/C21H26N2O4/c1-3-13-22-20(24)14-23(2)21(25)16-27-19-11-9-18(10-12-19)26-15-17-7-5-4-6-8-17/h4-12H,3,13-16H2,1-2H3,(H,22,24). The Morgan fingerprint density at radius 3 is 2.22 bits per heavy atom. The van der Waals surface area contributed by atoms with E-state index in [1.807, 2.05) is 37.3 Å². The van der Waals surface area contributed by atoms with Gasteiger partial charge in [0.15, 0.2) is 6.61 Å². The van der Waals surface area contributed by atoms with Crippen molar-refractivity contribution in [3.8, 4) is 11.5 Å². The molecule has 0 fully saturated rings. The minimum Gasteiger partial charge on any atom is -0.489 e. The first-order chi connectivity index (χ1) is 13.1. The maximum atomic E-state index is 12.0. The Bertz CT molecular complexity index is 717. The summed E-state index contributed by atoms with van der Waals surface area (Å²) in [4.78, 5) is 25.0. The lowest BCUT2D eigenvalue weighted by atomic mass is 10.2. The molecule has 0 aromatic heterocycles. The van der Waals surface area contributed by atoms with Crippen LogP contribution < -0.4 is 14.8 Å². The van der Waals surface area contributed by atoms with Crippen LogP contribution in [0.4, 0.5) is 0 Å². The van der Waals surface area contributed by atoms with Crippen LogP contribution in [0.1, 0.15) is 18.9 Å². The van der Waals surface area contributed by atoms with Crippen LogP contribution in [0.25, 0.3) is 0 Å². The molecule has 0 atom stereocenters. The lowest BCUT2D eigenvalue weighted by molar-refractivity contribution is -0.136. The molecule has 0 spiro atoms. The number of nitrogens with one attached hydrogen (secondary N) is 1. The Balaban J connectivity index is 1.74. The van der Waals surface area contributed by atoms with Crippen LogP contribution in [-0.4, -0.2) is 43.5 Å². The van der Waals surface area contributed by atoms with E-state index < -0.39 is 0 Å². The zero-order valence-corrected chi connectivity index (χ0v) is 15.8. The highest BCUT2D eigenvalue weighted by atomic mass is 16.5. The summed E-state index contributed by atoms with van der Waals surface area (Å²) in [6.07, 6.45) is 0.859. The van der Waals surface area contributed by atoms with Gasteiger partial charge in [-0.3, -0.25) is 9.59 Å². The second kappa shape index (κ2) is 10.9. The van der Waals surface area contributed by atoms with Crippen LogP contribution in [0, 0.1) is 0 Å². The molecule has 0 aliphatic heterocycles. The van der Waals surface area contributed by atoms with E-state index in [0.29, 0.717) is 18.9 Å². The van der Waals surface area contributed by atoms with E-state index in [1.54, 1.807) is 31.3 Å². The Kier molecular flexibility index (Phi) is 8.16. The van der Waals surface area contributed by atoms with Crippen molar-refractivity contribution >= 4 is 11.8 Å². The summed E-state index contributed by atoms with van der Waals surface area (Å²) in [5.74, 6) is 0.861. The van der Waals surface area contributed by atoms with E-state index in [0.717, 1.165) is 17.7 Å². The number of rotatable bonds is 10. The predicted octanol–water partition coefficient (Wildman–Crippen LogP) is 2.63. The number of hydrogen-bond donors (Lipinski definition) is 1. The number of carbonyl (C=O) groups is 2. The minimum atomic E-state index is -0.258. The molecule has 2 aromatic rings. The molecule has 6 heteroatoms. The summed E-state index contributed by atoms with van der Waals surface area (Å²) in [6.45, 7) is 2.97. The molecule has 6 nitrogen and oxygen atoms in total. The van der Waals surface area contributed by atoms with Crippen LogP contribution in [0.5, 0.6) is 11.5 Å². The maximum absolute atomic E-state index is 12.0. The van der Waals surface area contributed by atoms with E-state index in [2.05, 4.69) is 5.32 Å². The van der Waals surface area contributed by atoms with Crippen molar-refractivity contribution in [1.82, 2.24) is 10.2 Å². The van der Waals surface area contributed by atoms with Gasteiger partial charge < -0.3 is 19.7 Å². The molecule has 2 aromatic carbocycles. The smallest absolute Gasteiger partial charge is 0.260 e. The molecule has 27 heavy (non-hydrogen) atoms. The zero-order valence-electron chi connectivity index (χ0n) is 15.8. The molecule has 0 aliphatic rings. The molecule has 0 bridgehead atoms. The fourth-order valence-corrected chi connectivity index (χ4v) is 2.25. The van der Waals surface area contributed by atoms with Gasteiger partial charge in [0, 0.05) is 13.6 Å². The molecule has 0 radical (unpaired) electrons. The average molecular weight is 370 g/mol. The Morgan fingerprint density at radius 1 is 0.963 bits per heavy atom. The molecular formula is C21H26N2O4. The molecule has 0 saturated heterocycles. The molecule has 0 heterocycles. The summed E-state index contributed by atoms with van der Waals surface area (Å²) in [5, 5.41) is 2.73. The van der Waals surface area contributed by atoms with E-state index >= 15 is 0 Å². The van der Waals surface area contributed by atoms with Gasteiger partial charge in [-0.2, -0.15) is 0 Å². The highest BCUT2D eigenvalue weighted by Crippen LogP contribution is 2.18. The highest BCUT2D eigenvalue weighted by Gasteiger charge is 2.13. The number of ether oxygens (including phenoxy) is 2. The second-order valence-corrected chi connectivity index (χ2v) is 6.13. The van der Waals surface area contributed by atoms with Crippen molar-refractivity contribution in [3.05, 3.63) is 60.2 Å². The quantitative estimate of drug-likeness (QED) is 0.698. The predicted molar refractivity (Wildman–Crippen MR) is 104 cm³/mol. The molecule has 0 saturated carbocycles.